The van der Waals surface area contributed by atoms with E-state index in [1.54, 1.807) is 4.68 Å². The van der Waals surface area contributed by atoms with E-state index in [1.165, 1.54) is 12.5 Å². The summed E-state index contributed by atoms with van der Waals surface area (Å²) in [5, 5.41) is 15.1. The number of rotatable bonds is 3. The van der Waals surface area contributed by atoms with Crippen LogP contribution in [-0.4, -0.2) is 25.8 Å². The Morgan fingerprint density at radius 1 is 1.26 bits per heavy atom. The number of benzene rings is 1. The lowest BCUT2D eigenvalue weighted by Gasteiger charge is -2.23. The normalized spacial score (nSPS) is 14.8. The third-order valence-corrected chi connectivity index (χ3v) is 4.63. The number of para-hydroxylation sites is 1. The van der Waals surface area contributed by atoms with Crippen molar-refractivity contribution in [1.29, 1.82) is 0 Å². The lowest BCUT2D eigenvalue weighted by Crippen LogP contribution is -2.10. The van der Waals surface area contributed by atoms with E-state index in [9.17, 15) is 9.90 Å². The zero-order chi connectivity index (χ0) is 16.0. The highest BCUT2D eigenvalue weighted by atomic mass is 35.5. The van der Waals surface area contributed by atoms with Gasteiger partial charge in [-0.1, -0.05) is 36.2 Å². The zero-order valence-electron chi connectivity index (χ0n) is 12.2. The number of carboxylic acid groups (broad SMARTS) is 1. The van der Waals surface area contributed by atoms with Gasteiger partial charge in [0.05, 0.1) is 21.8 Å². The van der Waals surface area contributed by atoms with Gasteiger partial charge in [0.15, 0.2) is 11.3 Å². The average molecular weight is 328 g/mol. The molecule has 23 heavy (non-hydrogen) atoms. The van der Waals surface area contributed by atoms with Crippen LogP contribution in [-0.2, 0) is 0 Å². The summed E-state index contributed by atoms with van der Waals surface area (Å²) in [5.74, 6) is -0.725. The predicted octanol–water partition coefficient (Wildman–Crippen LogP) is 4.04. The van der Waals surface area contributed by atoms with Crippen molar-refractivity contribution in [2.75, 3.05) is 0 Å². The van der Waals surface area contributed by atoms with Crippen LogP contribution in [0.25, 0.3) is 16.7 Å². The minimum absolute atomic E-state index is 0.0697. The lowest BCUT2D eigenvalue weighted by atomic mass is 9.82. The Morgan fingerprint density at radius 3 is 2.61 bits per heavy atom. The van der Waals surface area contributed by atoms with Crippen molar-refractivity contribution in [2.24, 2.45) is 0 Å². The second kappa shape index (κ2) is 5.35. The Morgan fingerprint density at radius 2 is 2.00 bits per heavy atom. The van der Waals surface area contributed by atoms with Crippen LogP contribution in [0.5, 0.6) is 0 Å². The highest BCUT2D eigenvalue weighted by Gasteiger charge is 2.28. The first-order valence-corrected chi connectivity index (χ1v) is 7.91. The van der Waals surface area contributed by atoms with Gasteiger partial charge in [-0.15, -0.1) is 0 Å². The van der Waals surface area contributed by atoms with Gasteiger partial charge in [-0.25, -0.2) is 14.5 Å². The predicted molar refractivity (Wildman–Crippen MR) is 87.4 cm³/mol. The van der Waals surface area contributed by atoms with E-state index >= 15 is 0 Å². The molecular weight excluding hydrogens is 314 g/mol. The number of fused-ring (bicyclic) bond motifs is 1. The van der Waals surface area contributed by atoms with Crippen molar-refractivity contribution in [2.45, 2.75) is 25.2 Å². The molecule has 0 radical (unpaired) electrons. The number of pyridine rings is 1. The van der Waals surface area contributed by atoms with Crippen LogP contribution in [0.3, 0.4) is 0 Å². The Hall–Kier alpha value is -2.40. The van der Waals surface area contributed by atoms with Gasteiger partial charge in [-0.05, 0) is 31.0 Å². The Bertz CT molecular complexity index is 901. The van der Waals surface area contributed by atoms with E-state index in [-0.39, 0.29) is 5.69 Å². The van der Waals surface area contributed by atoms with Crippen LogP contribution in [0.2, 0.25) is 5.02 Å². The Labute approximate surface area is 137 Å². The van der Waals surface area contributed by atoms with E-state index in [4.69, 9.17) is 16.7 Å². The number of hydrogen-bond donors (Lipinski definition) is 1. The van der Waals surface area contributed by atoms with Gasteiger partial charge < -0.3 is 5.11 Å². The zero-order valence-corrected chi connectivity index (χ0v) is 13.0. The largest absolute Gasteiger partial charge is 0.477 e. The van der Waals surface area contributed by atoms with Crippen LogP contribution in [0.15, 0.2) is 36.4 Å². The van der Waals surface area contributed by atoms with Crippen LogP contribution in [0.4, 0.5) is 0 Å². The first-order chi connectivity index (χ1) is 11.1. The van der Waals surface area contributed by atoms with Crippen molar-refractivity contribution in [3.8, 4) is 5.69 Å². The molecule has 0 bridgehead atoms. The van der Waals surface area contributed by atoms with Crippen molar-refractivity contribution >= 4 is 28.6 Å². The van der Waals surface area contributed by atoms with Crippen molar-refractivity contribution in [3.05, 3.63) is 52.8 Å². The summed E-state index contributed by atoms with van der Waals surface area (Å²) >= 11 is 6.38. The van der Waals surface area contributed by atoms with Gasteiger partial charge in [0.1, 0.15) is 0 Å². The maximum absolute atomic E-state index is 11.3. The maximum Gasteiger partial charge on any atom is 0.354 e. The van der Waals surface area contributed by atoms with Crippen molar-refractivity contribution < 1.29 is 9.90 Å². The third kappa shape index (κ3) is 2.28. The van der Waals surface area contributed by atoms with E-state index in [0.29, 0.717) is 16.6 Å². The van der Waals surface area contributed by atoms with E-state index in [2.05, 4.69) is 4.98 Å². The molecule has 3 aromatic rings. The van der Waals surface area contributed by atoms with Gasteiger partial charge in [0, 0.05) is 5.92 Å². The number of hydrogen-bond acceptors (Lipinski definition) is 3. The molecule has 0 unspecified atom stereocenters. The van der Waals surface area contributed by atoms with Crippen LogP contribution >= 0.6 is 11.6 Å². The second-order valence-electron chi connectivity index (χ2n) is 5.75. The van der Waals surface area contributed by atoms with Gasteiger partial charge in [0.25, 0.3) is 0 Å². The summed E-state index contributed by atoms with van der Waals surface area (Å²) in [6.07, 6.45) is 3.35. The molecule has 0 amide bonds. The molecule has 1 aromatic carbocycles. The molecule has 1 aliphatic carbocycles. The van der Waals surface area contributed by atoms with Crippen LogP contribution < -0.4 is 0 Å². The molecule has 0 saturated heterocycles. The Balaban J connectivity index is 2.03. The maximum atomic E-state index is 11.3. The summed E-state index contributed by atoms with van der Waals surface area (Å²) in [4.78, 5) is 15.6. The molecule has 0 atom stereocenters. The molecule has 2 heterocycles. The second-order valence-corrected chi connectivity index (χ2v) is 6.16. The summed E-state index contributed by atoms with van der Waals surface area (Å²) in [7, 11) is 0. The average Bonchev–Trinajstić information content (AvgIpc) is 2.86. The van der Waals surface area contributed by atoms with Crippen molar-refractivity contribution in [1.82, 2.24) is 14.8 Å². The summed E-state index contributed by atoms with van der Waals surface area (Å²) in [6.45, 7) is 0. The number of carbonyl (C=O) groups is 1. The summed E-state index contributed by atoms with van der Waals surface area (Å²) in [5.41, 5.74) is 2.20. The highest BCUT2D eigenvalue weighted by Crippen LogP contribution is 2.41. The van der Waals surface area contributed by atoms with Crippen LogP contribution in [0.1, 0.15) is 41.4 Å². The van der Waals surface area contributed by atoms with Crippen LogP contribution in [0, 0.1) is 0 Å². The number of aromatic nitrogens is 3. The molecule has 0 aliphatic heterocycles. The number of aromatic carboxylic acids is 1. The lowest BCUT2D eigenvalue weighted by molar-refractivity contribution is 0.0691. The van der Waals surface area contributed by atoms with E-state index in [0.717, 1.165) is 29.6 Å². The minimum atomic E-state index is -1.10. The van der Waals surface area contributed by atoms with Gasteiger partial charge in [-0.3, -0.25) is 0 Å². The molecule has 1 N–H and O–H groups in total. The molecule has 4 rings (SSSR count). The molecule has 116 valence electrons. The Kier molecular flexibility index (Phi) is 3.31. The molecule has 2 aromatic heterocycles. The van der Waals surface area contributed by atoms with Gasteiger partial charge in [0.2, 0.25) is 0 Å². The SMILES string of the molecule is O=C(O)c1cc(Cl)c2c(C3CCC3)nn(-c3ccccc3)c2n1. The van der Waals surface area contributed by atoms with Crippen molar-refractivity contribution in [3.63, 3.8) is 0 Å². The number of halogens is 1. The monoisotopic (exact) mass is 327 g/mol. The number of nitrogens with zero attached hydrogens (tertiary/aromatic N) is 3. The fraction of sp³-hybridized carbons (Fsp3) is 0.235. The quantitative estimate of drug-likeness (QED) is 0.788. The number of carboxylic acids is 1. The first-order valence-electron chi connectivity index (χ1n) is 7.53. The van der Waals surface area contributed by atoms with Gasteiger partial charge in [-0.2, -0.15) is 5.10 Å². The van der Waals surface area contributed by atoms with Gasteiger partial charge >= 0.3 is 5.97 Å². The third-order valence-electron chi connectivity index (χ3n) is 4.33. The minimum Gasteiger partial charge on any atom is -0.477 e. The van der Waals surface area contributed by atoms with E-state index in [1.807, 2.05) is 30.3 Å². The first kappa shape index (κ1) is 14.2. The summed E-state index contributed by atoms with van der Waals surface area (Å²) in [6, 6.07) is 11.0. The standard InChI is InChI=1S/C17H14ClN3O2/c18-12-9-13(17(22)23)19-16-14(12)15(10-5-4-6-10)20-21(16)11-7-2-1-3-8-11/h1-3,7-10H,4-6H2,(H,22,23). The molecule has 6 heteroatoms. The fourth-order valence-corrected chi connectivity index (χ4v) is 3.21. The fourth-order valence-electron chi connectivity index (χ4n) is 2.92. The summed E-state index contributed by atoms with van der Waals surface area (Å²) < 4.78 is 1.70. The highest BCUT2D eigenvalue weighted by molar-refractivity contribution is 6.35. The molecule has 1 fully saturated rings. The molecule has 1 aliphatic rings. The molecular formula is C17H14ClN3O2. The van der Waals surface area contributed by atoms with E-state index < -0.39 is 5.97 Å². The molecule has 5 nitrogen and oxygen atoms in total. The smallest absolute Gasteiger partial charge is 0.354 e. The molecule has 1 saturated carbocycles. The topological polar surface area (TPSA) is 68.0 Å². The molecule has 0 spiro atoms.